The number of nitrogens with one attached hydrogen (secondary N) is 1. The van der Waals surface area contributed by atoms with Crippen molar-refractivity contribution < 1.29 is 22.7 Å². The van der Waals surface area contributed by atoms with Gasteiger partial charge in [-0.2, -0.15) is 0 Å². The van der Waals surface area contributed by atoms with Gasteiger partial charge in [0.2, 0.25) is 5.91 Å². The standard InChI is InChI=1S/C23H29NO5S/c1-18-3-9-21(10-4-18)30(26,27)16-11-22(25)24-17-23(12-14-29-15-13-23)19-5-7-20(28-2)8-6-19/h3-10H,11-17H2,1-2H3,(H,24,25). The summed E-state index contributed by atoms with van der Waals surface area (Å²) >= 11 is 0. The summed E-state index contributed by atoms with van der Waals surface area (Å²) < 4.78 is 35.8. The molecule has 0 spiro atoms. The number of hydrogen-bond acceptors (Lipinski definition) is 5. The van der Waals surface area contributed by atoms with Gasteiger partial charge in [-0.15, -0.1) is 0 Å². The lowest BCUT2D eigenvalue weighted by molar-refractivity contribution is -0.121. The maximum absolute atomic E-state index is 12.5. The van der Waals surface area contributed by atoms with E-state index in [2.05, 4.69) is 5.32 Å². The first-order valence-electron chi connectivity index (χ1n) is 10.1. The SMILES string of the molecule is COc1ccc(C2(CNC(=O)CCS(=O)(=O)c3ccc(C)cc3)CCOCC2)cc1. The van der Waals surface area contributed by atoms with Crippen molar-refractivity contribution in [3.05, 3.63) is 59.7 Å². The van der Waals surface area contributed by atoms with Crippen molar-refractivity contribution in [2.24, 2.45) is 0 Å². The van der Waals surface area contributed by atoms with Gasteiger partial charge in [-0.05, 0) is 49.6 Å². The number of aryl methyl sites for hydroxylation is 1. The van der Waals surface area contributed by atoms with E-state index < -0.39 is 9.84 Å². The van der Waals surface area contributed by atoms with Crippen LogP contribution in [0.25, 0.3) is 0 Å². The quantitative estimate of drug-likeness (QED) is 0.695. The lowest BCUT2D eigenvalue weighted by atomic mass is 9.74. The number of methoxy groups -OCH3 is 1. The third-order valence-electron chi connectivity index (χ3n) is 5.75. The Morgan fingerprint density at radius 3 is 2.30 bits per heavy atom. The number of rotatable bonds is 8. The van der Waals surface area contributed by atoms with Gasteiger partial charge in [-0.1, -0.05) is 29.8 Å². The molecule has 1 fully saturated rings. The van der Waals surface area contributed by atoms with Crippen LogP contribution in [0.4, 0.5) is 0 Å². The Hall–Kier alpha value is -2.38. The van der Waals surface area contributed by atoms with Crippen LogP contribution in [0.1, 0.15) is 30.4 Å². The van der Waals surface area contributed by atoms with Crippen LogP contribution in [0.3, 0.4) is 0 Å². The van der Waals surface area contributed by atoms with E-state index in [1.165, 1.54) is 0 Å². The Kier molecular flexibility index (Phi) is 7.15. The van der Waals surface area contributed by atoms with Crippen molar-refractivity contribution in [2.45, 2.75) is 36.5 Å². The molecule has 162 valence electrons. The van der Waals surface area contributed by atoms with E-state index in [-0.39, 0.29) is 28.4 Å². The van der Waals surface area contributed by atoms with E-state index >= 15 is 0 Å². The summed E-state index contributed by atoms with van der Waals surface area (Å²) in [6.45, 7) is 3.61. The molecule has 30 heavy (non-hydrogen) atoms. The van der Waals surface area contributed by atoms with Crippen molar-refractivity contribution in [3.63, 3.8) is 0 Å². The minimum absolute atomic E-state index is 0.0641. The van der Waals surface area contributed by atoms with Crippen molar-refractivity contribution in [2.75, 3.05) is 32.6 Å². The highest BCUT2D eigenvalue weighted by molar-refractivity contribution is 7.91. The minimum atomic E-state index is -3.49. The third-order valence-corrected chi connectivity index (χ3v) is 7.49. The van der Waals surface area contributed by atoms with E-state index in [4.69, 9.17) is 9.47 Å². The second-order valence-electron chi connectivity index (χ2n) is 7.78. The van der Waals surface area contributed by atoms with Gasteiger partial charge in [0, 0.05) is 31.6 Å². The fraction of sp³-hybridized carbons (Fsp3) is 0.435. The van der Waals surface area contributed by atoms with E-state index in [1.54, 1.807) is 31.4 Å². The van der Waals surface area contributed by atoms with Crippen LogP contribution in [0, 0.1) is 6.92 Å². The van der Waals surface area contributed by atoms with Crippen LogP contribution >= 0.6 is 0 Å². The number of carbonyl (C=O) groups is 1. The molecule has 1 aliphatic heterocycles. The lowest BCUT2D eigenvalue weighted by Gasteiger charge is -2.38. The molecule has 1 heterocycles. The first-order valence-corrected chi connectivity index (χ1v) is 11.8. The Balaban J connectivity index is 1.62. The molecule has 1 saturated heterocycles. The summed E-state index contributed by atoms with van der Waals surface area (Å²) in [6, 6.07) is 14.6. The monoisotopic (exact) mass is 431 g/mol. The smallest absolute Gasteiger partial charge is 0.221 e. The van der Waals surface area contributed by atoms with E-state index in [9.17, 15) is 13.2 Å². The zero-order valence-corrected chi connectivity index (χ0v) is 18.3. The molecule has 0 aromatic heterocycles. The normalized spacial score (nSPS) is 16.1. The molecule has 0 saturated carbocycles. The van der Waals surface area contributed by atoms with E-state index in [0.29, 0.717) is 19.8 Å². The van der Waals surface area contributed by atoms with E-state index in [1.807, 2.05) is 31.2 Å². The maximum atomic E-state index is 12.5. The fourth-order valence-corrected chi connectivity index (χ4v) is 4.96. The van der Waals surface area contributed by atoms with Gasteiger partial charge in [0.05, 0.1) is 17.8 Å². The maximum Gasteiger partial charge on any atom is 0.221 e. The first kappa shape index (κ1) is 22.3. The zero-order valence-electron chi connectivity index (χ0n) is 17.5. The number of sulfone groups is 1. The van der Waals surface area contributed by atoms with Gasteiger partial charge in [-0.25, -0.2) is 8.42 Å². The third kappa shape index (κ3) is 5.40. The largest absolute Gasteiger partial charge is 0.497 e. The highest BCUT2D eigenvalue weighted by Crippen LogP contribution is 2.35. The van der Waals surface area contributed by atoms with Crippen molar-refractivity contribution >= 4 is 15.7 Å². The summed E-state index contributed by atoms with van der Waals surface area (Å²) in [5.41, 5.74) is 1.89. The van der Waals surface area contributed by atoms with Crippen molar-refractivity contribution in [1.82, 2.24) is 5.32 Å². The average molecular weight is 432 g/mol. The van der Waals surface area contributed by atoms with Crippen LogP contribution in [-0.4, -0.2) is 46.9 Å². The molecule has 0 atom stereocenters. The number of ether oxygens (including phenoxy) is 2. The highest BCUT2D eigenvalue weighted by Gasteiger charge is 2.35. The summed E-state index contributed by atoms with van der Waals surface area (Å²) in [4.78, 5) is 12.7. The molecule has 1 N–H and O–H groups in total. The van der Waals surface area contributed by atoms with Crippen LogP contribution < -0.4 is 10.1 Å². The Bertz CT molecular complexity index is 946. The summed E-state index contributed by atoms with van der Waals surface area (Å²) in [5.74, 6) is 0.317. The van der Waals surface area contributed by atoms with Crippen LogP contribution in [0.5, 0.6) is 5.75 Å². The Morgan fingerprint density at radius 2 is 1.70 bits per heavy atom. The molecule has 7 heteroatoms. The van der Waals surface area contributed by atoms with Crippen LogP contribution in [-0.2, 0) is 24.8 Å². The molecule has 0 aliphatic carbocycles. The Labute approximate surface area is 178 Å². The van der Waals surface area contributed by atoms with Crippen molar-refractivity contribution in [3.8, 4) is 5.75 Å². The van der Waals surface area contributed by atoms with Gasteiger partial charge in [0.15, 0.2) is 9.84 Å². The molecule has 1 amide bonds. The van der Waals surface area contributed by atoms with Gasteiger partial charge in [-0.3, -0.25) is 4.79 Å². The van der Waals surface area contributed by atoms with E-state index in [0.717, 1.165) is 29.7 Å². The Morgan fingerprint density at radius 1 is 1.07 bits per heavy atom. The summed E-state index contributed by atoms with van der Waals surface area (Å²) in [7, 11) is -1.86. The van der Waals surface area contributed by atoms with Crippen molar-refractivity contribution in [1.29, 1.82) is 0 Å². The highest BCUT2D eigenvalue weighted by atomic mass is 32.2. The van der Waals surface area contributed by atoms with Crippen LogP contribution in [0.2, 0.25) is 0 Å². The first-order chi connectivity index (χ1) is 14.3. The van der Waals surface area contributed by atoms with Gasteiger partial charge in [0.1, 0.15) is 5.75 Å². The van der Waals surface area contributed by atoms with Crippen LogP contribution in [0.15, 0.2) is 53.4 Å². The molecule has 0 radical (unpaired) electrons. The minimum Gasteiger partial charge on any atom is -0.497 e. The second-order valence-corrected chi connectivity index (χ2v) is 9.89. The van der Waals surface area contributed by atoms with Gasteiger partial charge < -0.3 is 14.8 Å². The molecular weight excluding hydrogens is 402 g/mol. The predicted octanol–water partition coefficient (Wildman–Crippen LogP) is 3.03. The van der Waals surface area contributed by atoms with Gasteiger partial charge in [0.25, 0.3) is 0 Å². The number of amides is 1. The molecular formula is C23H29NO5S. The number of benzene rings is 2. The summed E-state index contributed by atoms with van der Waals surface area (Å²) in [6.07, 6.45) is 1.52. The molecule has 0 bridgehead atoms. The molecule has 1 aliphatic rings. The molecule has 2 aromatic carbocycles. The molecule has 6 nitrogen and oxygen atoms in total. The average Bonchev–Trinajstić information content (AvgIpc) is 2.77. The lowest BCUT2D eigenvalue weighted by Crippen LogP contribution is -2.44. The topological polar surface area (TPSA) is 81.7 Å². The molecule has 2 aromatic rings. The predicted molar refractivity (Wildman–Crippen MR) is 116 cm³/mol. The fourth-order valence-electron chi connectivity index (χ4n) is 3.72. The zero-order chi connectivity index (χ0) is 21.6. The van der Waals surface area contributed by atoms with Gasteiger partial charge >= 0.3 is 0 Å². The molecule has 0 unspecified atom stereocenters. The number of hydrogen-bond donors (Lipinski definition) is 1. The summed E-state index contributed by atoms with van der Waals surface area (Å²) in [5, 5.41) is 2.96. The molecule has 3 rings (SSSR count). The number of carbonyl (C=O) groups excluding carboxylic acids is 1. The second kappa shape index (κ2) is 9.62.